The second kappa shape index (κ2) is 12.7. The lowest BCUT2D eigenvalue weighted by atomic mass is 9.79. The number of halogens is 2. The van der Waals surface area contributed by atoms with Gasteiger partial charge in [0.2, 0.25) is 5.95 Å². The molecular formula is C31H39F2N9O4S. The normalized spacial score (nSPS) is 17.5. The summed E-state index contributed by atoms with van der Waals surface area (Å²) in [5.41, 5.74) is 1.44. The summed E-state index contributed by atoms with van der Waals surface area (Å²) in [6.45, 7) is 10.3. The first-order chi connectivity index (χ1) is 21.9. The van der Waals surface area contributed by atoms with Crippen LogP contribution in [0.25, 0.3) is 5.69 Å². The molecule has 6 rings (SSSR count). The summed E-state index contributed by atoms with van der Waals surface area (Å²) >= 11 is 0. The zero-order valence-electron chi connectivity index (χ0n) is 27.0. The Balaban J connectivity index is 0.000000335. The van der Waals surface area contributed by atoms with Crippen molar-refractivity contribution in [2.24, 2.45) is 7.05 Å². The van der Waals surface area contributed by atoms with Gasteiger partial charge in [0, 0.05) is 24.2 Å². The molecule has 2 aliphatic rings. The average molecular weight is 672 g/mol. The van der Waals surface area contributed by atoms with Crippen LogP contribution >= 0.6 is 0 Å². The van der Waals surface area contributed by atoms with Gasteiger partial charge in [-0.05, 0) is 106 Å². The van der Waals surface area contributed by atoms with Crippen molar-refractivity contribution in [1.82, 2.24) is 35.1 Å². The number of nitrogens with zero attached hydrogens (tertiary/aromatic N) is 6. The molecule has 1 saturated carbocycles. The van der Waals surface area contributed by atoms with Crippen molar-refractivity contribution in [1.29, 1.82) is 0 Å². The second-order valence-electron chi connectivity index (χ2n) is 13.4. The highest BCUT2D eigenvalue weighted by atomic mass is 32.2. The molecule has 0 amide bonds. The maximum atomic E-state index is 15.1. The predicted molar refractivity (Wildman–Crippen MR) is 173 cm³/mol. The molecule has 2 aromatic carbocycles. The van der Waals surface area contributed by atoms with Crippen molar-refractivity contribution in [3.05, 3.63) is 75.8 Å². The summed E-state index contributed by atoms with van der Waals surface area (Å²) in [6, 6.07) is 8.87. The lowest BCUT2D eigenvalue weighted by molar-refractivity contribution is 0.170. The fraction of sp³-hybridized carbons (Fsp3) is 0.452. The van der Waals surface area contributed by atoms with Gasteiger partial charge in [0.25, 0.3) is 10.1 Å². The van der Waals surface area contributed by atoms with E-state index in [1.165, 1.54) is 31.3 Å². The van der Waals surface area contributed by atoms with Gasteiger partial charge in [-0.15, -0.1) is 0 Å². The highest BCUT2D eigenvalue weighted by Crippen LogP contribution is 2.44. The van der Waals surface area contributed by atoms with Crippen LogP contribution in [0, 0.1) is 18.6 Å². The van der Waals surface area contributed by atoms with Crippen molar-refractivity contribution in [2.75, 3.05) is 10.6 Å². The molecule has 2 fully saturated rings. The third-order valence-corrected chi connectivity index (χ3v) is 8.79. The van der Waals surface area contributed by atoms with Gasteiger partial charge in [-0.1, -0.05) is 17.7 Å². The molecule has 0 unspecified atom stereocenters. The van der Waals surface area contributed by atoms with Gasteiger partial charge in [-0.2, -0.15) is 22.8 Å². The van der Waals surface area contributed by atoms with E-state index in [2.05, 4.69) is 64.0 Å². The second-order valence-corrected chi connectivity index (χ2v) is 14.8. The number of benzene rings is 2. The number of aryl methyl sites for hydroxylation is 2. The van der Waals surface area contributed by atoms with Crippen LogP contribution in [0.2, 0.25) is 0 Å². The molecule has 1 saturated heterocycles. The first kappa shape index (κ1) is 34.1. The fourth-order valence-electron chi connectivity index (χ4n) is 6.02. The molecule has 0 atom stereocenters. The number of hydrogen-bond acceptors (Lipinski definition) is 10. The molecule has 3 heterocycles. The van der Waals surface area contributed by atoms with E-state index >= 15 is 4.39 Å². The van der Waals surface area contributed by atoms with E-state index in [-0.39, 0.29) is 45.4 Å². The smallest absolute Gasteiger partial charge is 0.365 e. The molecule has 47 heavy (non-hydrogen) atoms. The Morgan fingerprint density at radius 1 is 1.00 bits per heavy atom. The van der Waals surface area contributed by atoms with Crippen LogP contribution < -0.4 is 21.6 Å². The summed E-state index contributed by atoms with van der Waals surface area (Å²) < 4.78 is 61.6. The molecule has 1 aliphatic heterocycles. The zero-order valence-corrected chi connectivity index (χ0v) is 27.9. The van der Waals surface area contributed by atoms with Gasteiger partial charge in [-0.25, -0.2) is 18.6 Å². The Morgan fingerprint density at radius 2 is 1.64 bits per heavy atom. The third-order valence-electron chi connectivity index (χ3n) is 7.92. The number of anilines is 3. The van der Waals surface area contributed by atoms with Crippen molar-refractivity contribution in [3.8, 4) is 5.69 Å². The minimum absolute atomic E-state index is 0.0156. The average Bonchev–Trinajstić information content (AvgIpc) is 3.75. The van der Waals surface area contributed by atoms with Crippen molar-refractivity contribution in [3.63, 3.8) is 0 Å². The van der Waals surface area contributed by atoms with E-state index in [0.717, 1.165) is 46.8 Å². The largest absolute Gasteiger partial charge is 0.368 e. The standard InChI is InChI=1S/C24H31F2N9O.C7H8O3S/c1-23(2)10-14(11-24(3,4)31-23)28-20-17(26)12-27-21(30-20)29-18-9-19(35-22(36)34(5)32-33-35)15(8-16(18)25)13-6-7-13;1-6-2-4-7(5-3-6)11(8,9)10/h8-9,12-14,31H,6-7,10-11H2,1-5H3,(H2,27,28,29,30);2-5H,1H3,(H,8,9,10). The fourth-order valence-corrected chi connectivity index (χ4v) is 6.50. The Kier molecular flexibility index (Phi) is 9.23. The summed E-state index contributed by atoms with van der Waals surface area (Å²) in [5.74, 6) is -0.880. The van der Waals surface area contributed by atoms with E-state index < -0.39 is 27.4 Å². The Hall–Kier alpha value is -4.28. The summed E-state index contributed by atoms with van der Waals surface area (Å²) in [7, 11) is -2.52. The molecular weight excluding hydrogens is 632 g/mol. The zero-order chi connectivity index (χ0) is 34.3. The maximum Gasteiger partial charge on any atom is 0.368 e. The first-order valence-corrected chi connectivity index (χ1v) is 16.6. The Labute approximate surface area is 271 Å². The molecule has 2 aromatic heterocycles. The molecule has 0 spiro atoms. The lowest BCUT2D eigenvalue weighted by Gasteiger charge is -2.46. The van der Waals surface area contributed by atoms with Crippen LogP contribution in [0.3, 0.4) is 0 Å². The lowest BCUT2D eigenvalue weighted by Crippen LogP contribution is -2.60. The minimum Gasteiger partial charge on any atom is -0.365 e. The number of hydrogen-bond donors (Lipinski definition) is 4. The van der Waals surface area contributed by atoms with E-state index in [9.17, 15) is 17.6 Å². The monoisotopic (exact) mass is 671 g/mol. The number of nitrogens with one attached hydrogen (secondary N) is 3. The maximum absolute atomic E-state index is 15.1. The van der Waals surface area contributed by atoms with E-state index in [1.807, 2.05) is 6.92 Å². The summed E-state index contributed by atoms with van der Waals surface area (Å²) in [5, 5.41) is 17.3. The molecule has 0 bridgehead atoms. The Morgan fingerprint density at radius 3 is 2.19 bits per heavy atom. The SMILES string of the molecule is Cc1ccc(S(=O)(=O)O)cc1.Cn1nnn(-c2cc(Nc3ncc(F)c(NC4CC(C)(C)NC(C)(C)C4)n3)c(F)cc2C2CC2)c1=O. The van der Waals surface area contributed by atoms with Crippen molar-refractivity contribution in [2.45, 2.75) is 88.2 Å². The van der Waals surface area contributed by atoms with Gasteiger partial charge in [-0.3, -0.25) is 4.55 Å². The van der Waals surface area contributed by atoms with Crippen LogP contribution in [-0.2, 0) is 17.2 Å². The quantitative estimate of drug-likeness (QED) is 0.202. The van der Waals surface area contributed by atoms with Gasteiger partial charge in [0.05, 0.1) is 22.5 Å². The summed E-state index contributed by atoms with van der Waals surface area (Å²) in [6.07, 6.45) is 4.43. The minimum atomic E-state index is -4.02. The van der Waals surface area contributed by atoms with E-state index in [0.29, 0.717) is 11.3 Å². The Bertz CT molecular complexity index is 1920. The van der Waals surface area contributed by atoms with Crippen LogP contribution in [0.4, 0.5) is 26.2 Å². The molecule has 252 valence electrons. The number of piperidine rings is 1. The van der Waals surface area contributed by atoms with Gasteiger partial charge in [0.1, 0.15) is 5.82 Å². The highest BCUT2D eigenvalue weighted by molar-refractivity contribution is 7.85. The van der Waals surface area contributed by atoms with Crippen molar-refractivity contribution < 1.29 is 21.8 Å². The van der Waals surface area contributed by atoms with E-state index in [4.69, 9.17) is 4.55 Å². The summed E-state index contributed by atoms with van der Waals surface area (Å²) in [4.78, 5) is 20.7. The van der Waals surface area contributed by atoms with Crippen molar-refractivity contribution >= 4 is 27.6 Å². The molecule has 13 nitrogen and oxygen atoms in total. The van der Waals surface area contributed by atoms with Crippen LogP contribution in [0.5, 0.6) is 0 Å². The van der Waals surface area contributed by atoms with Crippen LogP contribution in [-0.4, -0.2) is 59.8 Å². The predicted octanol–water partition coefficient (Wildman–Crippen LogP) is 4.62. The van der Waals surface area contributed by atoms with E-state index in [1.54, 1.807) is 12.1 Å². The molecule has 16 heteroatoms. The third kappa shape index (κ3) is 8.36. The number of rotatable bonds is 7. The molecule has 4 aromatic rings. The molecule has 4 N–H and O–H groups in total. The van der Waals surface area contributed by atoms with Gasteiger partial charge >= 0.3 is 5.69 Å². The first-order valence-electron chi connectivity index (χ1n) is 15.1. The van der Waals surface area contributed by atoms with Crippen LogP contribution in [0.1, 0.15) is 70.4 Å². The topological polar surface area (TPSA) is 169 Å². The number of aromatic nitrogens is 6. The van der Waals surface area contributed by atoms with Gasteiger partial charge in [0.15, 0.2) is 11.6 Å². The molecule has 0 radical (unpaired) electrons. The number of tetrazole rings is 1. The van der Waals surface area contributed by atoms with Crippen LogP contribution in [0.15, 0.2) is 52.3 Å². The molecule has 1 aliphatic carbocycles. The van der Waals surface area contributed by atoms with Gasteiger partial charge < -0.3 is 16.0 Å². The highest BCUT2D eigenvalue weighted by Gasteiger charge is 2.38.